The van der Waals surface area contributed by atoms with Crippen LogP contribution in [-0.4, -0.2) is 19.0 Å². The van der Waals surface area contributed by atoms with Crippen LogP contribution in [0.5, 0.6) is 0 Å². The van der Waals surface area contributed by atoms with Gasteiger partial charge in [0.05, 0.1) is 12.5 Å². The van der Waals surface area contributed by atoms with Crippen molar-refractivity contribution in [2.24, 2.45) is 0 Å². The predicted molar refractivity (Wildman–Crippen MR) is 45.0 cm³/mol. The summed E-state index contributed by atoms with van der Waals surface area (Å²) in [5.74, 6) is -0.543. The zero-order chi connectivity index (χ0) is 9.26. The maximum atomic E-state index is 12.8. The summed E-state index contributed by atoms with van der Waals surface area (Å²) >= 11 is 0. The number of hydrogen-bond acceptors (Lipinski definition) is 2. The molecule has 1 heterocycles. The first-order valence-corrected chi connectivity index (χ1v) is 4.13. The van der Waals surface area contributed by atoms with Crippen LogP contribution in [0.2, 0.25) is 0 Å². The number of benzene rings is 1. The molecule has 0 saturated carbocycles. The number of carbonyl (C=O) groups excluding carboxylic acids is 1. The average molecular weight is 180 g/mol. The molecule has 0 bridgehead atoms. The van der Waals surface area contributed by atoms with Gasteiger partial charge in [-0.05, 0) is 17.7 Å². The first-order valence-electron chi connectivity index (χ1n) is 4.13. The van der Waals surface area contributed by atoms with Crippen molar-refractivity contribution < 1.29 is 13.9 Å². The third-order valence-corrected chi connectivity index (χ3v) is 2.17. The van der Waals surface area contributed by atoms with Gasteiger partial charge in [0.1, 0.15) is 12.4 Å². The van der Waals surface area contributed by atoms with Crippen molar-refractivity contribution in [1.29, 1.82) is 0 Å². The molecule has 1 aromatic carbocycles. The van der Waals surface area contributed by atoms with Crippen molar-refractivity contribution in [2.75, 3.05) is 13.2 Å². The second kappa shape index (κ2) is 3.26. The molecule has 1 aromatic rings. The van der Waals surface area contributed by atoms with Gasteiger partial charge >= 0.3 is 0 Å². The van der Waals surface area contributed by atoms with E-state index < -0.39 is 0 Å². The summed E-state index contributed by atoms with van der Waals surface area (Å²) in [4.78, 5) is 11.2. The number of Topliss-reactive ketones (excluding diaryl/α,β-unsaturated/α-hetero) is 1. The molecule has 0 aromatic heterocycles. The molecular formula is C10H9FO2. The van der Waals surface area contributed by atoms with Gasteiger partial charge in [0, 0.05) is 0 Å². The first-order chi connectivity index (χ1) is 6.27. The number of ketones is 1. The largest absolute Gasteiger partial charge is 0.373 e. The van der Waals surface area contributed by atoms with Gasteiger partial charge in [-0.3, -0.25) is 4.79 Å². The average Bonchev–Trinajstić information content (AvgIpc) is 2.51. The lowest BCUT2D eigenvalue weighted by Gasteiger charge is -2.05. The molecule has 1 atom stereocenters. The van der Waals surface area contributed by atoms with E-state index in [-0.39, 0.29) is 24.1 Å². The highest BCUT2D eigenvalue weighted by Gasteiger charge is 2.26. The van der Waals surface area contributed by atoms with Crippen molar-refractivity contribution in [1.82, 2.24) is 0 Å². The van der Waals surface area contributed by atoms with Crippen LogP contribution in [0, 0.1) is 5.82 Å². The number of hydrogen-bond donors (Lipinski definition) is 0. The topological polar surface area (TPSA) is 26.3 Å². The van der Waals surface area contributed by atoms with E-state index in [1.165, 1.54) is 12.1 Å². The highest BCUT2D eigenvalue weighted by atomic mass is 19.1. The molecular weight excluding hydrogens is 171 g/mol. The van der Waals surface area contributed by atoms with Crippen molar-refractivity contribution in [3.05, 3.63) is 35.6 Å². The number of halogens is 1. The van der Waals surface area contributed by atoms with E-state index in [9.17, 15) is 9.18 Å². The van der Waals surface area contributed by atoms with Crippen LogP contribution in [0.3, 0.4) is 0 Å². The minimum atomic E-state index is -0.308. The quantitative estimate of drug-likeness (QED) is 0.654. The lowest BCUT2D eigenvalue weighted by molar-refractivity contribution is -0.118. The van der Waals surface area contributed by atoms with E-state index >= 15 is 0 Å². The van der Waals surface area contributed by atoms with Crippen molar-refractivity contribution in [3.8, 4) is 0 Å². The molecule has 0 N–H and O–H groups in total. The Balaban J connectivity index is 2.29. The highest BCUT2D eigenvalue weighted by Crippen LogP contribution is 2.22. The lowest BCUT2D eigenvalue weighted by Crippen LogP contribution is -2.08. The molecule has 13 heavy (non-hydrogen) atoms. The Bertz CT molecular complexity index is 335. The number of rotatable bonds is 1. The maximum Gasteiger partial charge on any atom is 0.168 e. The molecule has 3 heteroatoms. The van der Waals surface area contributed by atoms with Crippen LogP contribution >= 0.6 is 0 Å². The van der Waals surface area contributed by atoms with Gasteiger partial charge in [-0.2, -0.15) is 0 Å². The molecule has 0 spiro atoms. The lowest BCUT2D eigenvalue weighted by atomic mass is 9.98. The van der Waals surface area contributed by atoms with Gasteiger partial charge < -0.3 is 4.74 Å². The smallest absolute Gasteiger partial charge is 0.168 e. The fourth-order valence-corrected chi connectivity index (χ4v) is 1.48. The van der Waals surface area contributed by atoms with Crippen LogP contribution in [0.1, 0.15) is 11.5 Å². The summed E-state index contributed by atoms with van der Waals surface area (Å²) in [5.41, 5.74) is 0.711. The Kier molecular flexibility index (Phi) is 2.10. The molecule has 1 aliphatic rings. The summed E-state index contributed by atoms with van der Waals surface area (Å²) in [6.45, 7) is 0.531. The Labute approximate surface area is 75.3 Å². The normalized spacial score (nSPS) is 22.2. The van der Waals surface area contributed by atoms with Crippen LogP contribution in [0.15, 0.2) is 24.3 Å². The Morgan fingerprint density at radius 1 is 1.46 bits per heavy atom. The number of carbonyl (C=O) groups is 1. The SMILES string of the molecule is O=C1COC[C@H]1c1cccc(F)c1. The summed E-state index contributed by atoms with van der Waals surface area (Å²) < 4.78 is 17.8. The van der Waals surface area contributed by atoms with Crippen LogP contribution in [0.25, 0.3) is 0 Å². The second-order valence-electron chi connectivity index (χ2n) is 3.09. The van der Waals surface area contributed by atoms with Gasteiger partial charge in [-0.25, -0.2) is 4.39 Å². The van der Waals surface area contributed by atoms with Gasteiger partial charge in [-0.15, -0.1) is 0 Å². The standard InChI is InChI=1S/C10H9FO2/c11-8-3-1-2-7(4-8)9-5-13-6-10(9)12/h1-4,9H,5-6H2/t9-/m0/s1. The molecule has 0 amide bonds. The zero-order valence-electron chi connectivity index (χ0n) is 7.00. The number of ether oxygens (including phenoxy) is 1. The van der Waals surface area contributed by atoms with Gasteiger partial charge in [0.2, 0.25) is 0 Å². The zero-order valence-corrected chi connectivity index (χ0v) is 7.00. The molecule has 2 nitrogen and oxygen atoms in total. The Hall–Kier alpha value is -1.22. The fraction of sp³-hybridized carbons (Fsp3) is 0.300. The van der Waals surface area contributed by atoms with Crippen molar-refractivity contribution in [3.63, 3.8) is 0 Å². The predicted octanol–water partition coefficient (Wildman–Crippen LogP) is 1.51. The third kappa shape index (κ3) is 1.60. The van der Waals surface area contributed by atoms with E-state index in [1.807, 2.05) is 0 Å². The summed E-state index contributed by atoms with van der Waals surface area (Å²) in [5, 5.41) is 0. The van der Waals surface area contributed by atoms with E-state index in [0.29, 0.717) is 12.2 Å². The first kappa shape index (κ1) is 8.38. The van der Waals surface area contributed by atoms with E-state index in [4.69, 9.17) is 4.74 Å². The fourth-order valence-electron chi connectivity index (χ4n) is 1.48. The monoisotopic (exact) mass is 180 g/mol. The minimum Gasteiger partial charge on any atom is -0.373 e. The molecule has 1 saturated heterocycles. The van der Waals surface area contributed by atoms with Crippen LogP contribution < -0.4 is 0 Å². The summed E-state index contributed by atoms with van der Waals surface area (Å²) in [6.07, 6.45) is 0. The summed E-state index contributed by atoms with van der Waals surface area (Å²) in [7, 11) is 0. The Morgan fingerprint density at radius 3 is 2.92 bits per heavy atom. The van der Waals surface area contributed by atoms with Gasteiger partial charge in [-0.1, -0.05) is 12.1 Å². The van der Waals surface area contributed by atoms with E-state index in [2.05, 4.69) is 0 Å². The summed E-state index contributed by atoms with van der Waals surface area (Å²) in [6, 6.07) is 6.11. The van der Waals surface area contributed by atoms with Crippen molar-refractivity contribution in [2.45, 2.75) is 5.92 Å². The molecule has 1 aliphatic heterocycles. The van der Waals surface area contributed by atoms with Crippen LogP contribution in [-0.2, 0) is 9.53 Å². The van der Waals surface area contributed by atoms with E-state index in [1.54, 1.807) is 12.1 Å². The maximum absolute atomic E-state index is 12.8. The van der Waals surface area contributed by atoms with Gasteiger partial charge in [0.25, 0.3) is 0 Å². The highest BCUT2D eigenvalue weighted by molar-refractivity contribution is 5.88. The van der Waals surface area contributed by atoms with Crippen LogP contribution in [0.4, 0.5) is 4.39 Å². The molecule has 2 rings (SSSR count). The minimum absolute atomic E-state index is 0.0330. The molecule has 68 valence electrons. The molecule has 1 fully saturated rings. The molecule has 0 aliphatic carbocycles. The van der Waals surface area contributed by atoms with Gasteiger partial charge in [0.15, 0.2) is 5.78 Å². The molecule has 0 radical (unpaired) electrons. The van der Waals surface area contributed by atoms with E-state index in [0.717, 1.165) is 0 Å². The molecule has 0 unspecified atom stereocenters. The second-order valence-corrected chi connectivity index (χ2v) is 3.09. The van der Waals surface area contributed by atoms with Crippen molar-refractivity contribution >= 4 is 5.78 Å². The third-order valence-electron chi connectivity index (χ3n) is 2.17. The Morgan fingerprint density at radius 2 is 2.31 bits per heavy atom.